The summed E-state index contributed by atoms with van der Waals surface area (Å²) in [4.78, 5) is 1.45. The van der Waals surface area contributed by atoms with Gasteiger partial charge in [-0.2, -0.15) is 0 Å². The SMILES string of the molecule is CNCCCN(CC(O)C(O)C(O)C(O)CO)CC(O)C(O)C(O)C(O)CO.Cl.Cl. The van der Waals surface area contributed by atoms with Crippen LogP contribution in [0.25, 0.3) is 0 Å². The third-order valence-electron chi connectivity index (χ3n) is 4.44. The summed E-state index contributed by atoms with van der Waals surface area (Å²) in [5.74, 6) is 0. The second-order valence-corrected chi connectivity index (χ2v) is 6.81. The van der Waals surface area contributed by atoms with E-state index >= 15 is 0 Å². The zero-order chi connectivity index (χ0) is 21.9. The van der Waals surface area contributed by atoms with Crippen molar-refractivity contribution >= 4 is 24.8 Å². The van der Waals surface area contributed by atoms with Crippen molar-refractivity contribution in [1.29, 1.82) is 0 Å². The number of halogens is 2. The topological polar surface area (TPSA) is 218 Å². The lowest BCUT2D eigenvalue weighted by atomic mass is 10.0. The molecule has 8 atom stereocenters. The standard InChI is InChI=1S/C16H36N2O10.2ClH/c1-17-3-2-4-18(5-9(21)13(25)15(27)11(23)7-19)6-10(22)14(26)16(28)12(24)8-20;;/h9-17,19-28H,2-8H2,1H3;2*1H. The minimum atomic E-state index is -1.80. The largest absolute Gasteiger partial charge is 0.394 e. The fourth-order valence-corrected chi connectivity index (χ4v) is 2.61. The lowest BCUT2D eigenvalue weighted by Gasteiger charge is -2.33. The molecule has 186 valence electrons. The van der Waals surface area contributed by atoms with Crippen molar-refractivity contribution in [2.75, 3.05) is 46.4 Å². The second kappa shape index (κ2) is 18.7. The zero-order valence-electron chi connectivity index (χ0n) is 16.8. The lowest BCUT2D eigenvalue weighted by molar-refractivity contribution is -0.130. The van der Waals surface area contributed by atoms with E-state index in [1.54, 1.807) is 7.05 Å². The quantitative estimate of drug-likeness (QED) is 0.0916. The van der Waals surface area contributed by atoms with Crippen LogP contribution < -0.4 is 5.32 Å². The van der Waals surface area contributed by atoms with Gasteiger partial charge in [-0.3, -0.25) is 4.90 Å². The highest BCUT2D eigenvalue weighted by Crippen LogP contribution is 2.11. The average Bonchev–Trinajstić information content (AvgIpc) is 2.69. The van der Waals surface area contributed by atoms with Gasteiger partial charge in [0.25, 0.3) is 0 Å². The summed E-state index contributed by atoms with van der Waals surface area (Å²) in [6.07, 6.45) is -13.0. The summed E-state index contributed by atoms with van der Waals surface area (Å²) in [6, 6.07) is 0. The molecule has 11 N–H and O–H groups in total. The van der Waals surface area contributed by atoms with E-state index in [1.807, 2.05) is 0 Å². The number of rotatable bonds is 16. The van der Waals surface area contributed by atoms with E-state index in [9.17, 15) is 40.9 Å². The van der Waals surface area contributed by atoms with Crippen molar-refractivity contribution in [1.82, 2.24) is 10.2 Å². The first-order valence-electron chi connectivity index (χ1n) is 9.13. The van der Waals surface area contributed by atoms with Gasteiger partial charge in [-0.05, 0) is 26.6 Å². The Morgan fingerprint density at radius 1 is 0.633 bits per heavy atom. The Morgan fingerprint density at radius 2 is 0.967 bits per heavy atom. The number of aliphatic hydroxyl groups is 10. The maximum atomic E-state index is 10.1. The third-order valence-corrected chi connectivity index (χ3v) is 4.44. The lowest BCUT2D eigenvalue weighted by Crippen LogP contribution is -2.53. The minimum absolute atomic E-state index is 0. The van der Waals surface area contributed by atoms with Crippen LogP contribution in [0.3, 0.4) is 0 Å². The Balaban J connectivity index is -0.00000364. The van der Waals surface area contributed by atoms with Crippen molar-refractivity contribution in [3.8, 4) is 0 Å². The number of aliphatic hydroxyl groups excluding tert-OH is 10. The first kappa shape index (κ1) is 34.7. The van der Waals surface area contributed by atoms with Crippen LogP contribution >= 0.6 is 24.8 Å². The molecule has 0 radical (unpaired) electrons. The predicted octanol–water partition coefficient (Wildman–Crippen LogP) is -5.39. The van der Waals surface area contributed by atoms with E-state index < -0.39 is 62.0 Å². The molecule has 0 saturated carbocycles. The summed E-state index contributed by atoms with van der Waals surface area (Å²) < 4.78 is 0. The van der Waals surface area contributed by atoms with Crippen molar-refractivity contribution in [3.63, 3.8) is 0 Å². The summed E-state index contributed by atoms with van der Waals surface area (Å²) in [7, 11) is 1.72. The molecule has 14 heteroatoms. The van der Waals surface area contributed by atoms with Crippen LogP contribution in [0.1, 0.15) is 6.42 Å². The molecule has 0 fully saturated rings. The van der Waals surface area contributed by atoms with E-state index in [0.29, 0.717) is 19.5 Å². The van der Waals surface area contributed by atoms with Gasteiger partial charge in [-0.25, -0.2) is 0 Å². The van der Waals surface area contributed by atoms with E-state index in [4.69, 9.17) is 10.2 Å². The van der Waals surface area contributed by atoms with Crippen molar-refractivity contribution in [2.24, 2.45) is 0 Å². The Hall–Kier alpha value is 0.100. The second-order valence-electron chi connectivity index (χ2n) is 6.81. The van der Waals surface area contributed by atoms with Crippen LogP contribution in [0, 0.1) is 0 Å². The molecule has 30 heavy (non-hydrogen) atoms. The molecule has 0 aliphatic heterocycles. The predicted molar refractivity (Wildman–Crippen MR) is 112 cm³/mol. The molecule has 0 aliphatic rings. The number of hydrogen-bond acceptors (Lipinski definition) is 12. The van der Waals surface area contributed by atoms with E-state index in [-0.39, 0.29) is 37.9 Å². The Kier molecular flexibility index (Phi) is 21.6. The van der Waals surface area contributed by atoms with E-state index in [1.165, 1.54) is 4.90 Å². The highest BCUT2D eigenvalue weighted by molar-refractivity contribution is 5.85. The molecule has 8 unspecified atom stereocenters. The smallest absolute Gasteiger partial charge is 0.111 e. The maximum absolute atomic E-state index is 10.1. The monoisotopic (exact) mass is 488 g/mol. The van der Waals surface area contributed by atoms with Gasteiger partial charge in [0.15, 0.2) is 0 Å². The van der Waals surface area contributed by atoms with Gasteiger partial charge in [0.1, 0.15) is 36.6 Å². The van der Waals surface area contributed by atoms with E-state index in [2.05, 4.69) is 5.32 Å². The molecule has 0 aromatic rings. The summed E-state index contributed by atoms with van der Waals surface area (Å²) >= 11 is 0. The van der Waals surface area contributed by atoms with Crippen molar-refractivity contribution in [2.45, 2.75) is 55.3 Å². The first-order chi connectivity index (χ1) is 13.1. The highest BCUT2D eigenvalue weighted by atomic mass is 35.5. The van der Waals surface area contributed by atoms with Crippen LogP contribution in [0.5, 0.6) is 0 Å². The van der Waals surface area contributed by atoms with Crippen LogP contribution in [-0.2, 0) is 0 Å². The molecule has 0 rings (SSSR count). The molecule has 0 amide bonds. The van der Waals surface area contributed by atoms with Gasteiger partial charge >= 0.3 is 0 Å². The minimum Gasteiger partial charge on any atom is -0.394 e. The fourth-order valence-electron chi connectivity index (χ4n) is 2.61. The van der Waals surface area contributed by atoms with Gasteiger partial charge in [0.05, 0.1) is 25.4 Å². The van der Waals surface area contributed by atoms with Gasteiger partial charge in [0.2, 0.25) is 0 Å². The van der Waals surface area contributed by atoms with Crippen LogP contribution in [-0.4, -0.2) is 151 Å². The Labute approximate surface area is 188 Å². The summed E-state index contributed by atoms with van der Waals surface area (Å²) in [5.41, 5.74) is 0. The molecule has 0 aromatic heterocycles. The molecular formula is C16H38Cl2N2O10. The van der Waals surface area contributed by atoms with Gasteiger partial charge in [-0.15, -0.1) is 24.8 Å². The van der Waals surface area contributed by atoms with Crippen molar-refractivity contribution in [3.05, 3.63) is 0 Å². The summed E-state index contributed by atoms with van der Waals surface area (Å²) in [6.45, 7) is -1.26. The molecule has 0 heterocycles. The molecule has 0 aromatic carbocycles. The summed E-state index contributed by atoms with van der Waals surface area (Å²) in [5, 5.41) is 98.7. The van der Waals surface area contributed by atoms with Gasteiger partial charge in [-0.1, -0.05) is 0 Å². The molecule has 0 saturated heterocycles. The maximum Gasteiger partial charge on any atom is 0.111 e. The molecular weight excluding hydrogens is 451 g/mol. The number of nitrogens with one attached hydrogen (secondary N) is 1. The Morgan fingerprint density at radius 3 is 1.27 bits per heavy atom. The van der Waals surface area contributed by atoms with Crippen LogP contribution in [0.15, 0.2) is 0 Å². The first-order valence-corrected chi connectivity index (χ1v) is 9.13. The zero-order valence-corrected chi connectivity index (χ0v) is 18.4. The van der Waals surface area contributed by atoms with Crippen LogP contribution in [0.4, 0.5) is 0 Å². The fraction of sp³-hybridized carbons (Fsp3) is 1.00. The third kappa shape index (κ3) is 12.2. The number of hydrogen-bond donors (Lipinski definition) is 11. The highest BCUT2D eigenvalue weighted by Gasteiger charge is 2.34. The van der Waals surface area contributed by atoms with Gasteiger partial charge < -0.3 is 56.4 Å². The Bertz CT molecular complexity index is 375. The van der Waals surface area contributed by atoms with Crippen molar-refractivity contribution < 1.29 is 51.1 Å². The molecule has 12 nitrogen and oxygen atoms in total. The molecule has 0 aliphatic carbocycles. The van der Waals surface area contributed by atoms with Gasteiger partial charge in [0, 0.05) is 13.1 Å². The number of nitrogens with zero attached hydrogens (tertiary/aromatic N) is 1. The molecule has 0 spiro atoms. The normalized spacial score (nSPS) is 19.6. The molecule has 0 bridgehead atoms. The van der Waals surface area contributed by atoms with Crippen LogP contribution in [0.2, 0.25) is 0 Å². The van der Waals surface area contributed by atoms with E-state index in [0.717, 1.165) is 0 Å². The average molecular weight is 489 g/mol.